The van der Waals surface area contributed by atoms with Crippen molar-refractivity contribution in [1.82, 2.24) is 23.9 Å². The Bertz CT molecular complexity index is 2250. The Balaban J connectivity index is 1.18. The SMILES string of the molecule is Cc1c(/C=C/CCC(=O)c2c(C)n(C)n(Cc3ccc(F)c(F)c3)c2=O)c(=O)n(C(C)C)c2nc(Cc3ccc(N4CCOCC4)cc3)ncc12. The summed E-state index contributed by atoms with van der Waals surface area (Å²) in [6, 6.07) is 11.7. The number of rotatable bonds is 11. The normalized spacial score (nSPS) is 13.6. The summed E-state index contributed by atoms with van der Waals surface area (Å²) in [7, 11) is 1.64. The molecule has 266 valence electrons. The Morgan fingerprint density at radius 3 is 2.37 bits per heavy atom. The van der Waals surface area contributed by atoms with Crippen LogP contribution in [-0.4, -0.2) is 56.0 Å². The third-order valence-electron chi connectivity index (χ3n) is 9.57. The quantitative estimate of drug-likeness (QED) is 0.158. The Kier molecular flexibility index (Phi) is 10.4. The zero-order valence-corrected chi connectivity index (χ0v) is 29.6. The van der Waals surface area contributed by atoms with E-state index in [4.69, 9.17) is 9.72 Å². The zero-order chi connectivity index (χ0) is 36.4. The first kappa shape index (κ1) is 35.6. The van der Waals surface area contributed by atoms with Crippen molar-refractivity contribution < 1.29 is 18.3 Å². The minimum Gasteiger partial charge on any atom is -0.378 e. The minimum atomic E-state index is -1.00. The maximum absolute atomic E-state index is 13.9. The number of morpholine rings is 1. The fourth-order valence-corrected chi connectivity index (χ4v) is 6.59. The van der Waals surface area contributed by atoms with Crippen molar-refractivity contribution in [2.24, 2.45) is 7.05 Å². The highest BCUT2D eigenvalue weighted by Crippen LogP contribution is 2.23. The highest BCUT2D eigenvalue weighted by Gasteiger charge is 2.22. The molecule has 0 atom stereocenters. The zero-order valence-electron chi connectivity index (χ0n) is 29.6. The fraction of sp³-hybridized carbons (Fsp3) is 0.359. The van der Waals surface area contributed by atoms with Crippen molar-refractivity contribution in [3.63, 3.8) is 0 Å². The van der Waals surface area contributed by atoms with Crippen LogP contribution in [0, 0.1) is 25.5 Å². The summed E-state index contributed by atoms with van der Waals surface area (Å²) in [5, 5.41) is 0.770. The standard InChI is InChI=1S/C39H42F2N6O4/c1-24(2)47-37-31(22-42-35(43-37)21-27-10-13-29(14-11-27)45-16-18-51-19-17-45)25(3)30(38(47)49)8-6-7-9-34(48)36-26(4)44(5)46(39(36)50)23-28-12-15-32(40)33(41)20-28/h6,8,10-15,20,22,24H,7,9,16-19,21,23H2,1-5H3/b8-6+. The molecule has 0 N–H and O–H groups in total. The minimum absolute atomic E-state index is 0.0163. The monoisotopic (exact) mass is 696 g/mol. The van der Waals surface area contributed by atoms with Crippen molar-refractivity contribution in [2.75, 3.05) is 31.2 Å². The van der Waals surface area contributed by atoms with Crippen LogP contribution in [0.15, 0.2) is 64.3 Å². The van der Waals surface area contributed by atoms with Gasteiger partial charge in [-0.05, 0) is 75.1 Å². The molecule has 0 spiro atoms. The van der Waals surface area contributed by atoms with Crippen molar-refractivity contribution >= 4 is 28.6 Å². The van der Waals surface area contributed by atoms with Gasteiger partial charge in [0.1, 0.15) is 17.0 Å². The molecule has 0 saturated carbocycles. The number of pyridine rings is 1. The van der Waals surface area contributed by atoms with Crippen LogP contribution in [0.3, 0.4) is 0 Å². The first-order valence-electron chi connectivity index (χ1n) is 17.2. The number of ether oxygens (including phenoxy) is 1. The van der Waals surface area contributed by atoms with Crippen molar-refractivity contribution in [3.05, 3.63) is 126 Å². The number of allylic oxidation sites excluding steroid dienone is 1. The topological polar surface area (TPSA) is 104 Å². The maximum atomic E-state index is 13.9. The van der Waals surface area contributed by atoms with Crippen LogP contribution >= 0.6 is 0 Å². The molecule has 1 aliphatic heterocycles. The van der Waals surface area contributed by atoms with Gasteiger partial charge in [0.25, 0.3) is 11.1 Å². The first-order valence-corrected chi connectivity index (χ1v) is 17.2. The molecule has 0 amide bonds. The van der Waals surface area contributed by atoms with Gasteiger partial charge in [-0.15, -0.1) is 0 Å². The number of hydrogen-bond donors (Lipinski definition) is 0. The van der Waals surface area contributed by atoms with Crippen LogP contribution in [-0.2, 0) is 24.8 Å². The number of ketones is 1. The van der Waals surface area contributed by atoms with E-state index in [0.29, 0.717) is 41.1 Å². The van der Waals surface area contributed by atoms with Crippen molar-refractivity contribution in [3.8, 4) is 0 Å². The molecule has 51 heavy (non-hydrogen) atoms. The molecule has 1 aliphatic rings. The summed E-state index contributed by atoms with van der Waals surface area (Å²) in [6.45, 7) is 10.6. The maximum Gasteiger partial charge on any atom is 0.278 e. The molecular formula is C39H42F2N6O4. The number of hydrogen-bond acceptors (Lipinski definition) is 7. The fourth-order valence-electron chi connectivity index (χ4n) is 6.59. The lowest BCUT2D eigenvalue weighted by molar-refractivity contribution is 0.0982. The molecule has 5 aromatic rings. The Hall–Kier alpha value is -5.23. The van der Waals surface area contributed by atoms with E-state index in [1.165, 1.54) is 10.7 Å². The lowest BCUT2D eigenvalue weighted by Crippen LogP contribution is -2.36. The number of halogens is 2. The number of carbonyl (C=O) groups is 1. The van der Waals surface area contributed by atoms with Crippen molar-refractivity contribution in [1.29, 1.82) is 0 Å². The van der Waals surface area contributed by atoms with Crippen LogP contribution < -0.4 is 16.0 Å². The van der Waals surface area contributed by atoms with E-state index < -0.39 is 17.2 Å². The Labute approximate surface area is 294 Å². The van der Waals surface area contributed by atoms with E-state index in [-0.39, 0.29) is 35.9 Å². The van der Waals surface area contributed by atoms with Crippen LogP contribution in [0.4, 0.5) is 14.5 Å². The lowest BCUT2D eigenvalue weighted by Gasteiger charge is -2.28. The van der Waals surface area contributed by atoms with Gasteiger partial charge in [-0.1, -0.05) is 30.4 Å². The number of aromatic nitrogens is 5. The predicted molar refractivity (Wildman–Crippen MR) is 194 cm³/mol. The summed E-state index contributed by atoms with van der Waals surface area (Å²) in [5.74, 6) is -1.69. The van der Waals surface area contributed by atoms with Gasteiger partial charge in [0.2, 0.25) is 0 Å². The molecule has 3 aromatic heterocycles. The molecule has 0 aliphatic carbocycles. The van der Waals surface area contributed by atoms with Gasteiger partial charge in [0.05, 0.1) is 19.8 Å². The summed E-state index contributed by atoms with van der Waals surface area (Å²) in [5.41, 5.74) is 4.29. The van der Waals surface area contributed by atoms with Crippen LogP contribution in [0.2, 0.25) is 0 Å². The molecule has 2 aromatic carbocycles. The number of carbonyl (C=O) groups excluding carboxylic acids is 1. The molecule has 6 rings (SSSR count). The predicted octanol–water partition coefficient (Wildman–Crippen LogP) is 5.92. The summed E-state index contributed by atoms with van der Waals surface area (Å²) < 4.78 is 37.2. The van der Waals surface area contributed by atoms with Gasteiger partial charge in [-0.25, -0.2) is 23.4 Å². The van der Waals surface area contributed by atoms with Crippen LogP contribution in [0.5, 0.6) is 0 Å². The third kappa shape index (κ3) is 7.32. The van der Waals surface area contributed by atoms with E-state index in [9.17, 15) is 23.2 Å². The average Bonchev–Trinajstić information content (AvgIpc) is 3.32. The summed E-state index contributed by atoms with van der Waals surface area (Å²) in [4.78, 5) is 52.2. The van der Waals surface area contributed by atoms with E-state index in [1.807, 2.05) is 20.8 Å². The van der Waals surface area contributed by atoms with Gasteiger partial charge in [0, 0.05) is 67.5 Å². The molecule has 0 bridgehead atoms. The van der Waals surface area contributed by atoms with Gasteiger partial charge in [-0.3, -0.25) is 23.6 Å². The molecular weight excluding hydrogens is 654 g/mol. The van der Waals surface area contributed by atoms with Crippen molar-refractivity contribution in [2.45, 2.75) is 59.5 Å². The second-order valence-corrected chi connectivity index (χ2v) is 13.2. The summed E-state index contributed by atoms with van der Waals surface area (Å²) in [6.07, 6.45) is 6.15. The Morgan fingerprint density at radius 1 is 0.980 bits per heavy atom. The van der Waals surface area contributed by atoms with Crippen LogP contribution in [0.25, 0.3) is 17.1 Å². The molecule has 0 unspecified atom stereocenters. The summed E-state index contributed by atoms with van der Waals surface area (Å²) >= 11 is 0. The number of Topliss-reactive ketones (excluding diaryl/α,β-unsaturated/α-hetero) is 1. The first-order chi connectivity index (χ1) is 24.4. The van der Waals surface area contributed by atoms with Gasteiger partial charge in [0.15, 0.2) is 17.4 Å². The molecule has 0 radical (unpaired) electrons. The number of benzene rings is 2. The molecule has 1 fully saturated rings. The number of anilines is 1. The van der Waals surface area contributed by atoms with E-state index in [0.717, 1.165) is 60.6 Å². The highest BCUT2D eigenvalue weighted by molar-refractivity contribution is 5.97. The highest BCUT2D eigenvalue weighted by atomic mass is 19.2. The van der Waals surface area contributed by atoms with Gasteiger partial charge < -0.3 is 9.64 Å². The van der Waals surface area contributed by atoms with E-state index in [2.05, 4.69) is 34.1 Å². The number of fused-ring (bicyclic) bond motifs is 1. The average molecular weight is 697 g/mol. The van der Waals surface area contributed by atoms with Gasteiger partial charge >= 0.3 is 0 Å². The van der Waals surface area contributed by atoms with E-state index in [1.54, 1.807) is 41.6 Å². The second kappa shape index (κ2) is 14.9. The second-order valence-electron chi connectivity index (χ2n) is 13.2. The lowest BCUT2D eigenvalue weighted by atomic mass is 10.0. The smallest absolute Gasteiger partial charge is 0.278 e. The number of aryl methyl sites for hydroxylation is 1. The number of nitrogens with zero attached hydrogens (tertiary/aromatic N) is 6. The van der Waals surface area contributed by atoms with E-state index >= 15 is 0 Å². The Morgan fingerprint density at radius 2 is 1.69 bits per heavy atom. The van der Waals surface area contributed by atoms with Gasteiger partial charge in [-0.2, -0.15) is 0 Å². The van der Waals surface area contributed by atoms with Crippen LogP contribution in [0.1, 0.15) is 76.9 Å². The molecule has 12 heteroatoms. The molecule has 10 nitrogen and oxygen atoms in total. The third-order valence-corrected chi connectivity index (χ3v) is 9.57. The molecule has 4 heterocycles. The molecule has 1 saturated heterocycles. The largest absolute Gasteiger partial charge is 0.378 e.